The molecule has 19 heteroatoms. The first-order valence-electron chi connectivity index (χ1n) is 7.86. The molecular formula is C11H21N2O13P3S. The molecule has 0 bridgehead atoms. The zero-order chi connectivity index (χ0) is 23.5. The quantitative estimate of drug-likeness (QED) is 0.138. The predicted octanol–water partition coefficient (Wildman–Crippen LogP) is 1.05. The van der Waals surface area contributed by atoms with E-state index >= 15 is 0 Å². The van der Waals surface area contributed by atoms with Crippen molar-refractivity contribution in [1.82, 2.24) is 9.55 Å². The Balaban J connectivity index is 2.85. The van der Waals surface area contributed by atoms with Gasteiger partial charge >= 0.3 is 23.5 Å². The van der Waals surface area contributed by atoms with E-state index in [2.05, 4.69) is 18.1 Å². The Bertz CT molecular complexity index is 1000. The van der Waals surface area contributed by atoms with Crippen molar-refractivity contribution in [2.45, 2.75) is 33.3 Å². The van der Waals surface area contributed by atoms with Crippen molar-refractivity contribution < 1.29 is 56.3 Å². The maximum absolute atomic E-state index is 11.7. The molecule has 1 heterocycles. The monoisotopic (exact) mass is 514 g/mol. The smallest absolute Gasteiger partial charge is 0.366 e. The van der Waals surface area contributed by atoms with Crippen LogP contribution in [0.4, 0.5) is 0 Å². The average molecular weight is 514 g/mol. The predicted molar refractivity (Wildman–Crippen MR) is 101 cm³/mol. The van der Waals surface area contributed by atoms with Gasteiger partial charge in [-0.25, -0.2) is 13.7 Å². The van der Waals surface area contributed by atoms with Gasteiger partial charge in [-0.15, -0.1) is 0 Å². The number of aromatic amines is 1. The SMILES string of the molecule is Cc1cn([C@@H](O[C@H](O)COP(=O)(O)OP(=O)(O)OP(=O)(O)O)C(C)C)c(=S)[nH]c1=O. The van der Waals surface area contributed by atoms with Gasteiger partial charge in [-0.3, -0.25) is 18.9 Å². The third-order valence-electron chi connectivity index (χ3n) is 3.08. The second kappa shape index (κ2) is 10.4. The number of phosphoric acid groups is 3. The van der Waals surface area contributed by atoms with Gasteiger partial charge in [0.05, 0.1) is 0 Å². The molecule has 1 aromatic heterocycles. The fraction of sp³-hybridized carbons (Fsp3) is 0.636. The summed E-state index contributed by atoms with van der Waals surface area (Å²) in [4.78, 5) is 49.4. The van der Waals surface area contributed by atoms with E-state index in [0.29, 0.717) is 5.56 Å². The van der Waals surface area contributed by atoms with E-state index in [-0.39, 0.29) is 10.7 Å². The molecule has 0 amide bonds. The first-order valence-corrected chi connectivity index (χ1v) is 12.8. The minimum absolute atomic E-state index is 0.0237. The lowest BCUT2D eigenvalue weighted by Gasteiger charge is -2.27. The molecule has 1 rings (SSSR count). The molecule has 15 nitrogen and oxygen atoms in total. The van der Waals surface area contributed by atoms with Crippen LogP contribution < -0.4 is 5.56 Å². The van der Waals surface area contributed by atoms with E-state index in [0.717, 1.165) is 0 Å². The number of aromatic nitrogens is 2. The van der Waals surface area contributed by atoms with Crippen LogP contribution in [0.3, 0.4) is 0 Å². The average Bonchev–Trinajstić information content (AvgIpc) is 2.51. The maximum atomic E-state index is 11.7. The number of aliphatic hydroxyl groups excluding tert-OH is 1. The van der Waals surface area contributed by atoms with Crippen LogP contribution >= 0.6 is 35.7 Å². The van der Waals surface area contributed by atoms with E-state index < -0.39 is 48.2 Å². The van der Waals surface area contributed by atoms with Gasteiger partial charge in [-0.2, -0.15) is 8.62 Å². The minimum Gasteiger partial charge on any atom is -0.366 e. The molecule has 0 aliphatic carbocycles. The molecular weight excluding hydrogens is 493 g/mol. The Morgan fingerprint density at radius 2 is 1.70 bits per heavy atom. The standard InChI is InChI=1S/C11H21N2O13P3S/c1-6(2)10(13-4-7(3)9(15)12-11(13)30)24-8(14)5-23-28(19,20)26-29(21,22)25-27(16,17)18/h4,6,8,10,14H,5H2,1-3H3,(H,19,20)(H,21,22)(H,12,15,30)(H2,16,17,18)/t8-,10-/m0/s1. The molecule has 0 aliphatic heterocycles. The summed E-state index contributed by atoms with van der Waals surface area (Å²) in [5.41, 5.74) is -0.132. The zero-order valence-corrected chi connectivity index (χ0v) is 19.2. The highest BCUT2D eigenvalue weighted by Crippen LogP contribution is 2.66. The highest BCUT2D eigenvalue weighted by Gasteiger charge is 2.41. The molecule has 0 aromatic carbocycles. The summed E-state index contributed by atoms with van der Waals surface area (Å²) in [7, 11) is -16.6. The third kappa shape index (κ3) is 9.28. The molecule has 0 aliphatic rings. The zero-order valence-electron chi connectivity index (χ0n) is 15.7. The molecule has 2 unspecified atom stereocenters. The Morgan fingerprint density at radius 3 is 2.20 bits per heavy atom. The Kier molecular flexibility index (Phi) is 9.49. The number of H-pyrrole nitrogens is 1. The number of nitrogens with zero attached hydrogens (tertiary/aromatic N) is 1. The fourth-order valence-electron chi connectivity index (χ4n) is 1.98. The summed E-state index contributed by atoms with van der Waals surface area (Å²) < 4.78 is 51.5. The number of aliphatic hydroxyl groups is 1. The van der Waals surface area contributed by atoms with Crippen LogP contribution in [0.25, 0.3) is 0 Å². The molecule has 1 aromatic rings. The van der Waals surface area contributed by atoms with Gasteiger partial charge in [-0.05, 0) is 25.1 Å². The summed E-state index contributed by atoms with van der Waals surface area (Å²) in [6.45, 7) is 3.81. The Labute approximate surface area is 174 Å². The maximum Gasteiger partial charge on any atom is 0.490 e. The largest absolute Gasteiger partial charge is 0.490 e. The van der Waals surface area contributed by atoms with Gasteiger partial charge in [0.1, 0.15) is 12.8 Å². The number of phosphoric ester groups is 1. The lowest BCUT2D eigenvalue weighted by atomic mass is 10.2. The fourth-order valence-corrected chi connectivity index (χ4v) is 5.24. The van der Waals surface area contributed by atoms with Crippen LogP contribution in [0.2, 0.25) is 0 Å². The molecule has 0 saturated heterocycles. The van der Waals surface area contributed by atoms with Crippen molar-refractivity contribution in [3.05, 3.63) is 26.9 Å². The molecule has 174 valence electrons. The van der Waals surface area contributed by atoms with Gasteiger partial charge in [-0.1, -0.05) is 13.8 Å². The molecule has 4 atom stereocenters. The lowest BCUT2D eigenvalue weighted by Crippen LogP contribution is -2.30. The summed E-state index contributed by atoms with van der Waals surface area (Å²) >= 11 is 5.05. The van der Waals surface area contributed by atoms with Crippen molar-refractivity contribution in [2.24, 2.45) is 5.92 Å². The molecule has 30 heavy (non-hydrogen) atoms. The normalized spacial score (nSPS) is 18.6. The van der Waals surface area contributed by atoms with E-state index in [1.165, 1.54) is 17.7 Å². The number of rotatable bonds is 11. The Morgan fingerprint density at radius 1 is 1.13 bits per heavy atom. The summed E-state index contributed by atoms with van der Waals surface area (Å²) in [6, 6.07) is 0. The van der Waals surface area contributed by atoms with Crippen molar-refractivity contribution in [2.75, 3.05) is 6.61 Å². The van der Waals surface area contributed by atoms with E-state index in [4.69, 9.17) is 31.6 Å². The molecule has 0 radical (unpaired) electrons. The van der Waals surface area contributed by atoms with Crippen LogP contribution in [-0.2, 0) is 31.6 Å². The number of ether oxygens (including phenoxy) is 1. The second-order valence-corrected chi connectivity index (χ2v) is 10.9. The Hall–Kier alpha value is -0.570. The van der Waals surface area contributed by atoms with Crippen LogP contribution in [0.15, 0.2) is 11.0 Å². The van der Waals surface area contributed by atoms with Gasteiger partial charge in [0.2, 0.25) is 0 Å². The second-order valence-electron chi connectivity index (χ2n) is 6.09. The van der Waals surface area contributed by atoms with E-state index in [9.17, 15) is 28.5 Å². The molecule has 0 fully saturated rings. The van der Waals surface area contributed by atoms with Gasteiger partial charge in [0.25, 0.3) is 5.56 Å². The van der Waals surface area contributed by atoms with Crippen molar-refractivity contribution in [1.29, 1.82) is 0 Å². The number of hydrogen-bond acceptors (Lipinski definition) is 10. The summed E-state index contributed by atoms with van der Waals surface area (Å²) in [5.74, 6) is -0.330. The highest BCUT2D eigenvalue weighted by atomic mass is 32.1. The van der Waals surface area contributed by atoms with Crippen molar-refractivity contribution >= 4 is 35.7 Å². The van der Waals surface area contributed by atoms with E-state index in [1.807, 2.05) is 0 Å². The number of nitrogens with one attached hydrogen (secondary N) is 1. The van der Waals surface area contributed by atoms with Crippen molar-refractivity contribution in [3.63, 3.8) is 0 Å². The highest BCUT2D eigenvalue weighted by molar-refractivity contribution is 7.71. The van der Waals surface area contributed by atoms with Gasteiger partial charge < -0.3 is 29.4 Å². The molecule has 6 N–H and O–H groups in total. The molecule has 0 saturated carbocycles. The van der Waals surface area contributed by atoms with Crippen LogP contribution in [-0.4, -0.2) is 47.1 Å². The van der Waals surface area contributed by atoms with Crippen LogP contribution in [0, 0.1) is 17.6 Å². The van der Waals surface area contributed by atoms with Crippen molar-refractivity contribution in [3.8, 4) is 0 Å². The molecule has 0 spiro atoms. The number of aryl methyl sites for hydroxylation is 1. The first-order chi connectivity index (χ1) is 13.4. The first kappa shape index (κ1) is 27.5. The summed E-state index contributed by atoms with van der Waals surface area (Å²) in [6.07, 6.45) is -1.48. The summed E-state index contributed by atoms with van der Waals surface area (Å²) in [5, 5.41) is 9.95. The lowest BCUT2D eigenvalue weighted by molar-refractivity contribution is -0.189. The van der Waals surface area contributed by atoms with E-state index in [1.54, 1.807) is 13.8 Å². The van der Waals surface area contributed by atoms with Crippen LogP contribution in [0.1, 0.15) is 25.6 Å². The van der Waals surface area contributed by atoms with Gasteiger partial charge in [0, 0.05) is 11.8 Å². The topological polar surface area (TPSA) is 227 Å². The third-order valence-corrected chi connectivity index (χ3v) is 7.20. The van der Waals surface area contributed by atoms with Crippen LogP contribution in [0.5, 0.6) is 0 Å². The minimum atomic E-state index is -5.68. The number of hydrogen-bond donors (Lipinski definition) is 6. The van der Waals surface area contributed by atoms with Gasteiger partial charge in [0.15, 0.2) is 11.1 Å².